The van der Waals surface area contributed by atoms with Crippen LogP contribution in [-0.4, -0.2) is 42.9 Å². The van der Waals surface area contributed by atoms with Crippen LogP contribution in [0.5, 0.6) is 11.5 Å². The second kappa shape index (κ2) is 7.11. The van der Waals surface area contributed by atoms with Gasteiger partial charge in [-0.15, -0.1) is 0 Å². The van der Waals surface area contributed by atoms with E-state index in [-0.39, 0.29) is 6.10 Å². The third-order valence-electron chi connectivity index (χ3n) is 3.29. The highest BCUT2D eigenvalue weighted by Gasteiger charge is 2.21. The molecule has 0 unspecified atom stereocenters. The number of hydrogen-bond donors (Lipinski definition) is 1. The van der Waals surface area contributed by atoms with Crippen LogP contribution in [0, 0.1) is 0 Å². The number of ether oxygens (including phenoxy) is 2. The lowest BCUT2D eigenvalue weighted by molar-refractivity contribution is 0.174. The highest BCUT2D eigenvalue weighted by atomic mass is 79.9. The molecular formula is C15H20BrNO3. The van der Waals surface area contributed by atoms with Crippen LogP contribution in [0.25, 0.3) is 0 Å². The molecule has 5 heteroatoms. The minimum absolute atomic E-state index is 0.199. The molecule has 110 valence electrons. The van der Waals surface area contributed by atoms with Crippen molar-refractivity contribution in [3.05, 3.63) is 34.8 Å². The van der Waals surface area contributed by atoms with Gasteiger partial charge in [0.05, 0.1) is 17.7 Å². The van der Waals surface area contributed by atoms with Crippen LogP contribution >= 0.6 is 15.9 Å². The molecule has 20 heavy (non-hydrogen) atoms. The molecule has 0 spiro atoms. The largest absolute Gasteiger partial charge is 0.493 e. The number of nitrogens with zero attached hydrogens (tertiary/aromatic N) is 1. The van der Waals surface area contributed by atoms with Gasteiger partial charge in [0.2, 0.25) is 0 Å². The second-order valence-corrected chi connectivity index (χ2v) is 5.74. The summed E-state index contributed by atoms with van der Waals surface area (Å²) in [5, 5.41) is 9.57. The molecule has 1 aromatic rings. The van der Waals surface area contributed by atoms with Crippen molar-refractivity contribution in [2.45, 2.75) is 19.1 Å². The van der Waals surface area contributed by atoms with E-state index in [1.165, 1.54) is 0 Å². The highest BCUT2D eigenvalue weighted by Crippen LogP contribution is 2.37. The first-order valence-electron chi connectivity index (χ1n) is 6.64. The zero-order valence-corrected chi connectivity index (χ0v) is 13.2. The summed E-state index contributed by atoms with van der Waals surface area (Å²) < 4.78 is 11.9. The van der Waals surface area contributed by atoms with E-state index < -0.39 is 0 Å². The lowest BCUT2D eigenvalue weighted by Gasteiger charge is -2.18. The predicted molar refractivity (Wildman–Crippen MR) is 82.3 cm³/mol. The van der Waals surface area contributed by atoms with Crippen molar-refractivity contribution in [3.63, 3.8) is 0 Å². The fraction of sp³-hybridized carbons (Fsp3) is 0.467. The molecule has 0 bridgehead atoms. The molecule has 0 amide bonds. The first kappa shape index (κ1) is 15.4. The Balaban J connectivity index is 2.14. The van der Waals surface area contributed by atoms with Gasteiger partial charge in [-0.25, -0.2) is 0 Å². The molecule has 1 aromatic carbocycles. The summed E-state index contributed by atoms with van der Waals surface area (Å²) in [7, 11) is 1.63. The third-order valence-corrected chi connectivity index (χ3v) is 3.88. The summed E-state index contributed by atoms with van der Waals surface area (Å²) in [6.45, 7) is 6.54. The maximum atomic E-state index is 9.57. The SMILES string of the molecule is C=CCOc1c(Br)cc(CN2CC[C@@H](O)C2)cc1OC. The Morgan fingerprint density at radius 2 is 2.35 bits per heavy atom. The number of methoxy groups -OCH3 is 1. The van der Waals surface area contributed by atoms with Gasteiger partial charge in [0.1, 0.15) is 6.61 Å². The van der Waals surface area contributed by atoms with Gasteiger partial charge in [0, 0.05) is 19.6 Å². The minimum Gasteiger partial charge on any atom is -0.493 e. The Labute approximate surface area is 128 Å². The van der Waals surface area contributed by atoms with E-state index in [9.17, 15) is 5.11 Å². The number of β-amino-alcohol motifs (C(OH)–C–C–N with tert-alkyl or cyclic N) is 1. The van der Waals surface area contributed by atoms with Gasteiger partial charge < -0.3 is 14.6 Å². The first-order valence-corrected chi connectivity index (χ1v) is 7.44. The fourth-order valence-corrected chi connectivity index (χ4v) is 2.96. The molecule has 0 saturated carbocycles. The summed E-state index contributed by atoms with van der Waals surface area (Å²) in [4.78, 5) is 2.23. The molecule has 1 fully saturated rings. The van der Waals surface area contributed by atoms with Crippen LogP contribution < -0.4 is 9.47 Å². The van der Waals surface area contributed by atoms with Crippen molar-refractivity contribution in [1.29, 1.82) is 0 Å². The number of hydrogen-bond acceptors (Lipinski definition) is 4. The number of likely N-dealkylation sites (tertiary alicyclic amines) is 1. The molecule has 1 aliphatic heterocycles. The average Bonchev–Trinajstić information content (AvgIpc) is 2.82. The lowest BCUT2D eigenvalue weighted by Crippen LogP contribution is -2.21. The molecule has 0 aliphatic carbocycles. The molecule has 1 saturated heterocycles. The minimum atomic E-state index is -0.199. The highest BCUT2D eigenvalue weighted by molar-refractivity contribution is 9.10. The molecule has 4 nitrogen and oxygen atoms in total. The monoisotopic (exact) mass is 341 g/mol. The Morgan fingerprint density at radius 1 is 1.55 bits per heavy atom. The van der Waals surface area contributed by atoms with Gasteiger partial charge >= 0.3 is 0 Å². The topological polar surface area (TPSA) is 41.9 Å². The fourth-order valence-electron chi connectivity index (χ4n) is 2.36. The van der Waals surface area contributed by atoms with Crippen LogP contribution in [0.2, 0.25) is 0 Å². The van der Waals surface area contributed by atoms with Crippen LogP contribution in [0.1, 0.15) is 12.0 Å². The number of halogens is 1. The molecular weight excluding hydrogens is 322 g/mol. The van der Waals surface area contributed by atoms with Gasteiger partial charge in [0.15, 0.2) is 11.5 Å². The molecule has 1 atom stereocenters. The van der Waals surface area contributed by atoms with Crippen molar-refractivity contribution in [1.82, 2.24) is 4.90 Å². The summed E-state index contributed by atoms with van der Waals surface area (Å²) in [6, 6.07) is 4.01. The predicted octanol–water partition coefficient (Wildman–Crippen LogP) is 2.59. The Hall–Kier alpha value is -1.04. The van der Waals surface area contributed by atoms with E-state index in [1.807, 2.05) is 12.1 Å². The maximum Gasteiger partial charge on any atom is 0.175 e. The summed E-state index contributed by atoms with van der Waals surface area (Å²) in [6.07, 6.45) is 2.35. The van der Waals surface area contributed by atoms with Gasteiger partial charge in [0.25, 0.3) is 0 Å². The number of rotatable bonds is 6. The smallest absolute Gasteiger partial charge is 0.175 e. The number of benzene rings is 1. The standard InChI is InChI=1S/C15H20BrNO3/c1-3-6-20-15-13(16)7-11(8-14(15)19-2)9-17-5-4-12(18)10-17/h3,7-8,12,18H,1,4-6,9-10H2,2H3/t12-/m1/s1. The van der Waals surface area contributed by atoms with Gasteiger partial charge in [-0.1, -0.05) is 12.7 Å². The molecule has 2 rings (SSSR count). The van der Waals surface area contributed by atoms with E-state index in [2.05, 4.69) is 27.4 Å². The summed E-state index contributed by atoms with van der Waals surface area (Å²) in [5.74, 6) is 1.40. The van der Waals surface area contributed by atoms with Crippen LogP contribution in [0.15, 0.2) is 29.3 Å². The van der Waals surface area contributed by atoms with Crippen LogP contribution in [-0.2, 0) is 6.54 Å². The molecule has 1 N–H and O–H groups in total. The number of aliphatic hydroxyl groups excluding tert-OH is 1. The lowest BCUT2D eigenvalue weighted by atomic mass is 10.2. The molecule has 0 radical (unpaired) electrons. The molecule has 1 heterocycles. The van der Waals surface area contributed by atoms with E-state index in [0.29, 0.717) is 18.1 Å². The van der Waals surface area contributed by atoms with Crippen LogP contribution in [0.3, 0.4) is 0 Å². The maximum absolute atomic E-state index is 9.57. The summed E-state index contributed by atoms with van der Waals surface area (Å²) >= 11 is 3.52. The molecule has 1 aliphatic rings. The Morgan fingerprint density at radius 3 is 2.95 bits per heavy atom. The summed E-state index contributed by atoms with van der Waals surface area (Å²) in [5.41, 5.74) is 1.13. The van der Waals surface area contributed by atoms with E-state index in [1.54, 1.807) is 13.2 Å². The van der Waals surface area contributed by atoms with E-state index >= 15 is 0 Å². The van der Waals surface area contributed by atoms with Crippen LogP contribution in [0.4, 0.5) is 0 Å². The molecule has 0 aromatic heterocycles. The van der Waals surface area contributed by atoms with E-state index in [0.717, 1.165) is 36.1 Å². The second-order valence-electron chi connectivity index (χ2n) is 4.89. The first-order chi connectivity index (χ1) is 9.63. The van der Waals surface area contributed by atoms with Gasteiger partial charge in [-0.05, 0) is 40.0 Å². The zero-order chi connectivity index (χ0) is 14.5. The average molecular weight is 342 g/mol. The van der Waals surface area contributed by atoms with Crippen molar-refractivity contribution in [3.8, 4) is 11.5 Å². The Kier molecular flexibility index (Phi) is 5.46. The normalized spacial score (nSPS) is 19.1. The van der Waals surface area contributed by atoms with Gasteiger partial charge in [-0.3, -0.25) is 4.90 Å². The van der Waals surface area contributed by atoms with Gasteiger partial charge in [-0.2, -0.15) is 0 Å². The van der Waals surface area contributed by atoms with Crippen molar-refractivity contribution < 1.29 is 14.6 Å². The van der Waals surface area contributed by atoms with Crippen molar-refractivity contribution in [2.24, 2.45) is 0 Å². The zero-order valence-electron chi connectivity index (χ0n) is 11.6. The Bertz CT molecular complexity index is 478. The van der Waals surface area contributed by atoms with Crippen molar-refractivity contribution in [2.75, 3.05) is 26.8 Å². The quantitative estimate of drug-likeness (QED) is 0.807. The van der Waals surface area contributed by atoms with E-state index in [4.69, 9.17) is 9.47 Å². The third kappa shape index (κ3) is 3.75. The number of aliphatic hydroxyl groups is 1. The van der Waals surface area contributed by atoms with Crippen molar-refractivity contribution >= 4 is 15.9 Å².